The van der Waals surface area contributed by atoms with Crippen LogP contribution in [-0.4, -0.2) is 12.9 Å². The summed E-state index contributed by atoms with van der Waals surface area (Å²) >= 11 is 0. The molecule has 114 valence electrons. The van der Waals surface area contributed by atoms with Crippen LogP contribution in [0.4, 0.5) is 24.5 Å². The highest BCUT2D eigenvalue weighted by atomic mass is 19.4. The minimum atomic E-state index is -4.67. The zero-order valence-electron chi connectivity index (χ0n) is 11.9. The summed E-state index contributed by atoms with van der Waals surface area (Å²) in [6.45, 7) is 2.74. The van der Waals surface area contributed by atoms with Gasteiger partial charge in [-0.2, -0.15) is 0 Å². The Hall–Kier alpha value is -2.43. The van der Waals surface area contributed by atoms with E-state index in [4.69, 9.17) is 0 Å². The van der Waals surface area contributed by atoms with E-state index in [2.05, 4.69) is 15.7 Å². The van der Waals surface area contributed by atoms with Gasteiger partial charge in [-0.15, -0.1) is 13.2 Å². The summed E-state index contributed by atoms with van der Waals surface area (Å²) in [5.74, 6) is -0.214. The van der Waals surface area contributed by atoms with E-state index >= 15 is 0 Å². The van der Waals surface area contributed by atoms with Crippen molar-refractivity contribution in [3.63, 3.8) is 0 Å². The second-order valence-electron chi connectivity index (χ2n) is 5.18. The van der Waals surface area contributed by atoms with Crippen LogP contribution in [-0.2, 0) is 0 Å². The van der Waals surface area contributed by atoms with Crippen molar-refractivity contribution in [3.8, 4) is 5.75 Å². The highest BCUT2D eigenvalue weighted by Gasteiger charge is 2.31. The molecule has 0 fully saturated rings. The molecule has 2 nitrogen and oxygen atoms in total. The van der Waals surface area contributed by atoms with Crippen molar-refractivity contribution in [3.05, 3.63) is 59.7 Å². The summed E-state index contributed by atoms with van der Waals surface area (Å²) in [5.41, 5.74) is 4.16. The van der Waals surface area contributed by atoms with E-state index < -0.39 is 6.36 Å². The van der Waals surface area contributed by atoms with Gasteiger partial charge < -0.3 is 9.64 Å². The molecule has 0 aromatic heterocycles. The zero-order valence-corrected chi connectivity index (χ0v) is 11.9. The second-order valence-corrected chi connectivity index (χ2v) is 5.18. The fraction of sp³-hybridized carbons (Fsp3) is 0.176. The molecule has 0 spiro atoms. The first-order chi connectivity index (χ1) is 10.4. The molecule has 1 aliphatic heterocycles. The number of rotatable bonds is 2. The summed E-state index contributed by atoms with van der Waals surface area (Å²) in [4.78, 5) is 2.07. The lowest BCUT2D eigenvalue weighted by molar-refractivity contribution is -0.274. The van der Waals surface area contributed by atoms with Gasteiger partial charge in [0.05, 0.1) is 0 Å². The van der Waals surface area contributed by atoms with Gasteiger partial charge in [0.2, 0.25) is 0 Å². The van der Waals surface area contributed by atoms with Crippen molar-refractivity contribution in [1.82, 2.24) is 0 Å². The molecule has 1 heterocycles. The Morgan fingerprint density at radius 1 is 1.00 bits per heavy atom. The minimum absolute atomic E-state index is 0.214. The average molecular weight is 305 g/mol. The third-order valence-electron chi connectivity index (χ3n) is 3.42. The van der Waals surface area contributed by atoms with E-state index in [0.717, 1.165) is 16.9 Å². The number of para-hydroxylation sites is 1. The fourth-order valence-electron chi connectivity index (χ4n) is 2.56. The quantitative estimate of drug-likeness (QED) is 0.761. The van der Waals surface area contributed by atoms with Gasteiger partial charge >= 0.3 is 6.36 Å². The highest BCUT2D eigenvalue weighted by molar-refractivity contribution is 5.79. The van der Waals surface area contributed by atoms with Crippen molar-refractivity contribution in [2.45, 2.75) is 13.3 Å². The monoisotopic (exact) mass is 305 g/mol. The Morgan fingerprint density at radius 3 is 2.36 bits per heavy atom. The van der Waals surface area contributed by atoms with Crippen molar-refractivity contribution in [2.24, 2.45) is 0 Å². The van der Waals surface area contributed by atoms with Crippen LogP contribution in [0.25, 0.3) is 6.08 Å². The fourth-order valence-corrected chi connectivity index (χ4v) is 2.56. The topological polar surface area (TPSA) is 12.5 Å². The van der Waals surface area contributed by atoms with Gasteiger partial charge in [0.1, 0.15) is 5.75 Å². The lowest BCUT2D eigenvalue weighted by Crippen LogP contribution is -2.23. The molecule has 0 bridgehead atoms. The molecule has 5 heteroatoms. The van der Waals surface area contributed by atoms with Gasteiger partial charge in [-0.05, 0) is 42.8 Å². The summed E-state index contributed by atoms with van der Waals surface area (Å²) in [6, 6.07) is 13.9. The summed E-state index contributed by atoms with van der Waals surface area (Å²) in [5, 5.41) is 0. The largest absolute Gasteiger partial charge is 0.573 e. The number of alkyl halides is 3. The van der Waals surface area contributed by atoms with E-state index in [1.54, 1.807) is 12.1 Å². The predicted molar refractivity (Wildman–Crippen MR) is 80.2 cm³/mol. The zero-order chi connectivity index (χ0) is 15.7. The number of ether oxygens (including phenoxy) is 1. The van der Waals surface area contributed by atoms with Crippen LogP contribution in [0.1, 0.15) is 12.5 Å². The van der Waals surface area contributed by atoms with Gasteiger partial charge in [0, 0.05) is 17.9 Å². The molecule has 0 radical (unpaired) electrons. The van der Waals surface area contributed by atoms with Crippen LogP contribution in [0.2, 0.25) is 0 Å². The average Bonchev–Trinajstić information content (AvgIpc) is 2.45. The molecule has 0 unspecified atom stereocenters. The number of nitrogens with zero attached hydrogens (tertiary/aromatic N) is 1. The summed E-state index contributed by atoms with van der Waals surface area (Å²) in [7, 11) is 0. The van der Waals surface area contributed by atoms with Crippen LogP contribution in [0, 0.1) is 0 Å². The van der Waals surface area contributed by atoms with Crippen LogP contribution >= 0.6 is 0 Å². The van der Waals surface area contributed by atoms with Crippen molar-refractivity contribution >= 4 is 17.5 Å². The number of benzene rings is 2. The molecule has 0 atom stereocenters. The smallest absolute Gasteiger partial charge is 0.406 e. The number of hydrogen-bond acceptors (Lipinski definition) is 2. The summed E-state index contributed by atoms with van der Waals surface area (Å²) in [6.07, 6.45) is -2.55. The SMILES string of the molecule is CC1=Cc2ccccc2N(c2ccc(OC(F)(F)F)cc2)C1. The molecule has 22 heavy (non-hydrogen) atoms. The van der Waals surface area contributed by atoms with Crippen molar-refractivity contribution in [1.29, 1.82) is 0 Å². The van der Waals surface area contributed by atoms with Crippen LogP contribution in [0.5, 0.6) is 5.75 Å². The Morgan fingerprint density at radius 2 is 1.68 bits per heavy atom. The van der Waals surface area contributed by atoms with Crippen molar-refractivity contribution in [2.75, 3.05) is 11.4 Å². The Kier molecular flexibility index (Phi) is 3.56. The molecular weight excluding hydrogens is 291 g/mol. The molecule has 0 saturated carbocycles. The molecule has 0 N–H and O–H groups in total. The predicted octanol–water partition coefficient (Wildman–Crippen LogP) is 5.14. The molecule has 0 aliphatic carbocycles. The van der Waals surface area contributed by atoms with E-state index in [1.165, 1.54) is 17.7 Å². The van der Waals surface area contributed by atoms with E-state index in [-0.39, 0.29) is 5.75 Å². The maximum absolute atomic E-state index is 12.2. The molecule has 3 rings (SSSR count). The van der Waals surface area contributed by atoms with Gasteiger partial charge in [-0.1, -0.05) is 29.8 Å². The molecule has 0 saturated heterocycles. The van der Waals surface area contributed by atoms with E-state index in [9.17, 15) is 13.2 Å². The Bertz CT molecular complexity index is 705. The van der Waals surface area contributed by atoms with Crippen LogP contribution in [0.15, 0.2) is 54.1 Å². The molecule has 2 aromatic rings. The Labute approximate surface area is 126 Å². The highest BCUT2D eigenvalue weighted by Crippen LogP contribution is 2.35. The third-order valence-corrected chi connectivity index (χ3v) is 3.42. The first-order valence-corrected chi connectivity index (χ1v) is 6.82. The molecule has 0 amide bonds. The second kappa shape index (κ2) is 5.40. The first-order valence-electron chi connectivity index (χ1n) is 6.82. The number of anilines is 2. The lowest BCUT2D eigenvalue weighted by atomic mass is 10.0. The number of halogens is 3. The Balaban J connectivity index is 1.90. The maximum Gasteiger partial charge on any atom is 0.573 e. The van der Waals surface area contributed by atoms with Crippen LogP contribution in [0.3, 0.4) is 0 Å². The van der Waals surface area contributed by atoms with Gasteiger partial charge in [-0.25, -0.2) is 0 Å². The number of hydrogen-bond donors (Lipinski definition) is 0. The maximum atomic E-state index is 12.2. The van der Waals surface area contributed by atoms with Crippen LogP contribution < -0.4 is 9.64 Å². The van der Waals surface area contributed by atoms with E-state index in [0.29, 0.717) is 6.54 Å². The first kappa shape index (κ1) is 14.5. The lowest BCUT2D eigenvalue weighted by Gasteiger charge is -2.30. The van der Waals surface area contributed by atoms with Gasteiger partial charge in [0.25, 0.3) is 0 Å². The van der Waals surface area contributed by atoms with Gasteiger partial charge in [0.15, 0.2) is 0 Å². The van der Waals surface area contributed by atoms with Crippen molar-refractivity contribution < 1.29 is 17.9 Å². The molecule has 2 aromatic carbocycles. The minimum Gasteiger partial charge on any atom is -0.406 e. The third kappa shape index (κ3) is 3.08. The van der Waals surface area contributed by atoms with Gasteiger partial charge in [-0.3, -0.25) is 0 Å². The standard InChI is InChI=1S/C17H14F3NO/c1-12-10-13-4-2-3-5-16(13)21(11-12)14-6-8-15(9-7-14)22-17(18,19)20/h2-10H,11H2,1H3. The molecule has 1 aliphatic rings. The molecular formula is C17H14F3NO. The number of fused-ring (bicyclic) bond motifs is 1. The van der Waals surface area contributed by atoms with E-state index in [1.807, 2.05) is 31.2 Å². The normalized spacial score (nSPS) is 14.4. The summed E-state index contributed by atoms with van der Waals surface area (Å²) < 4.78 is 40.5.